The van der Waals surface area contributed by atoms with Crippen molar-refractivity contribution in [1.29, 1.82) is 0 Å². The molecule has 0 radical (unpaired) electrons. The number of benzene rings is 2. The molecule has 0 saturated heterocycles. The average molecular weight is 318 g/mol. The Balaban J connectivity index is 2.35. The van der Waals surface area contributed by atoms with Crippen molar-refractivity contribution in [1.82, 2.24) is 0 Å². The molecule has 23 heavy (non-hydrogen) atoms. The van der Waals surface area contributed by atoms with Crippen LogP contribution < -0.4 is 0 Å². The van der Waals surface area contributed by atoms with E-state index in [0.717, 1.165) is 22.3 Å². The Hall–Kier alpha value is -2.26. The van der Waals surface area contributed by atoms with Crippen molar-refractivity contribution in [2.24, 2.45) is 0 Å². The summed E-state index contributed by atoms with van der Waals surface area (Å²) in [6.45, 7) is 8.54. The van der Waals surface area contributed by atoms with Crippen molar-refractivity contribution in [3.63, 3.8) is 0 Å². The van der Waals surface area contributed by atoms with Gasteiger partial charge in [-0.2, -0.15) is 0 Å². The van der Waals surface area contributed by atoms with Gasteiger partial charge in [0.2, 0.25) is 0 Å². The van der Waals surface area contributed by atoms with Crippen molar-refractivity contribution in [2.45, 2.75) is 32.7 Å². The van der Waals surface area contributed by atoms with Gasteiger partial charge in [-0.3, -0.25) is 0 Å². The highest BCUT2D eigenvalue weighted by Crippen LogP contribution is 2.17. The zero-order valence-electron chi connectivity index (χ0n) is 14.1. The fraction of sp³-hybridized carbons (Fsp3) is 0.238. The molecule has 1 atom stereocenters. The molecule has 2 aromatic carbocycles. The fourth-order valence-electron chi connectivity index (χ4n) is 2.06. The molecule has 0 bridgehead atoms. The van der Waals surface area contributed by atoms with Crippen LogP contribution >= 0.6 is 0 Å². The Morgan fingerprint density at radius 1 is 0.870 bits per heavy atom. The number of hydrogen-bond donors (Lipinski definition) is 1. The van der Waals surface area contributed by atoms with Crippen LogP contribution in [-0.4, -0.2) is 13.2 Å². The van der Waals surface area contributed by atoms with E-state index in [9.17, 15) is 5.11 Å². The number of rotatable bonds is 1. The Morgan fingerprint density at radius 2 is 1.43 bits per heavy atom. The molecule has 0 aliphatic heterocycles. The van der Waals surface area contributed by atoms with Crippen molar-refractivity contribution < 1.29 is 5.11 Å². The minimum absolute atomic E-state index is 0.777. The van der Waals surface area contributed by atoms with E-state index in [1.165, 1.54) is 0 Å². The Bertz CT molecular complexity index is 807. The van der Waals surface area contributed by atoms with Crippen LogP contribution in [0.25, 0.3) is 0 Å². The largest absolute Gasteiger partial charge is 0.376 e. The SMILES string of the molecule is Cc1ccccc1C#Cc1ccccc1C(O)C#C[Si](C)(C)C. The highest BCUT2D eigenvalue weighted by Gasteiger charge is 2.11. The third-order valence-electron chi connectivity index (χ3n) is 3.32. The summed E-state index contributed by atoms with van der Waals surface area (Å²) in [5, 5.41) is 10.4. The van der Waals surface area contributed by atoms with Gasteiger partial charge in [0.15, 0.2) is 0 Å². The van der Waals surface area contributed by atoms with Gasteiger partial charge in [-0.1, -0.05) is 73.8 Å². The third-order valence-corrected chi connectivity index (χ3v) is 4.21. The average Bonchev–Trinajstić information content (AvgIpc) is 2.51. The second kappa shape index (κ2) is 7.33. The predicted molar refractivity (Wildman–Crippen MR) is 99.7 cm³/mol. The molecule has 0 aliphatic rings. The van der Waals surface area contributed by atoms with E-state index >= 15 is 0 Å². The van der Waals surface area contributed by atoms with E-state index in [2.05, 4.69) is 42.9 Å². The molecular formula is C21H22OSi. The molecule has 0 aliphatic carbocycles. The summed E-state index contributed by atoms with van der Waals surface area (Å²) in [6.07, 6.45) is -0.788. The lowest BCUT2D eigenvalue weighted by Gasteiger charge is -2.09. The van der Waals surface area contributed by atoms with Crippen LogP contribution in [-0.2, 0) is 0 Å². The summed E-state index contributed by atoms with van der Waals surface area (Å²) < 4.78 is 0. The lowest BCUT2D eigenvalue weighted by Crippen LogP contribution is -2.17. The summed E-state index contributed by atoms with van der Waals surface area (Å²) in [7, 11) is -1.51. The number of aliphatic hydroxyl groups excluding tert-OH is 1. The molecule has 0 heterocycles. The summed E-state index contributed by atoms with van der Waals surface area (Å²) in [5.41, 5.74) is 6.98. The molecule has 116 valence electrons. The molecule has 2 aromatic rings. The number of hydrogen-bond acceptors (Lipinski definition) is 1. The maximum Gasteiger partial charge on any atom is 0.140 e. The topological polar surface area (TPSA) is 20.2 Å². The lowest BCUT2D eigenvalue weighted by atomic mass is 10.0. The number of aliphatic hydroxyl groups is 1. The first-order valence-electron chi connectivity index (χ1n) is 7.74. The van der Waals surface area contributed by atoms with E-state index in [-0.39, 0.29) is 0 Å². The first-order valence-corrected chi connectivity index (χ1v) is 11.2. The summed E-state index contributed by atoms with van der Waals surface area (Å²) in [4.78, 5) is 0. The maximum absolute atomic E-state index is 10.4. The molecule has 0 saturated carbocycles. The normalized spacial score (nSPS) is 11.7. The molecule has 2 heteroatoms. The van der Waals surface area contributed by atoms with E-state index in [0.29, 0.717) is 0 Å². The molecule has 0 amide bonds. The van der Waals surface area contributed by atoms with Crippen molar-refractivity contribution in [3.05, 3.63) is 70.8 Å². The molecule has 2 rings (SSSR count). The molecule has 0 fully saturated rings. The molecule has 1 N–H and O–H groups in total. The Kier molecular flexibility index (Phi) is 5.45. The molecule has 0 spiro atoms. The monoisotopic (exact) mass is 318 g/mol. The first kappa shape index (κ1) is 17.1. The van der Waals surface area contributed by atoms with E-state index in [1.54, 1.807) is 0 Å². The summed E-state index contributed by atoms with van der Waals surface area (Å²) >= 11 is 0. The second-order valence-corrected chi connectivity index (χ2v) is 11.3. The summed E-state index contributed by atoms with van der Waals surface area (Å²) in [5.74, 6) is 9.37. The second-order valence-electron chi connectivity index (χ2n) is 6.57. The van der Waals surface area contributed by atoms with Crippen molar-refractivity contribution in [3.8, 4) is 23.3 Å². The predicted octanol–water partition coefficient (Wildman–Crippen LogP) is 4.31. The van der Waals surface area contributed by atoms with Crippen LogP contribution in [0.5, 0.6) is 0 Å². The van der Waals surface area contributed by atoms with Gasteiger partial charge in [0.05, 0.1) is 0 Å². The Labute approximate surface area is 140 Å². The van der Waals surface area contributed by atoms with E-state index in [4.69, 9.17) is 0 Å². The fourth-order valence-corrected chi connectivity index (χ4v) is 2.63. The van der Waals surface area contributed by atoms with Crippen molar-refractivity contribution >= 4 is 8.07 Å². The zero-order valence-corrected chi connectivity index (χ0v) is 15.1. The molecular weight excluding hydrogens is 296 g/mol. The van der Waals surface area contributed by atoms with Gasteiger partial charge in [-0.05, 0) is 24.6 Å². The quantitative estimate of drug-likeness (QED) is 0.613. The molecule has 1 unspecified atom stereocenters. The molecule has 0 aromatic heterocycles. The van der Waals surface area contributed by atoms with E-state index in [1.807, 2.05) is 55.5 Å². The van der Waals surface area contributed by atoms with Crippen molar-refractivity contribution in [2.75, 3.05) is 0 Å². The van der Waals surface area contributed by atoms with Crippen LogP contribution in [0, 0.1) is 30.2 Å². The van der Waals surface area contributed by atoms with Gasteiger partial charge in [0, 0.05) is 16.7 Å². The Morgan fingerprint density at radius 3 is 2.09 bits per heavy atom. The van der Waals surface area contributed by atoms with Gasteiger partial charge in [-0.15, -0.1) is 5.54 Å². The van der Waals surface area contributed by atoms with Gasteiger partial charge < -0.3 is 5.11 Å². The highest BCUT2D eigenvalue weighted by molar-refractivity contribution is 6.83. The standard InChI is InChI=1S/C21H22OSi/c1-17-9-5-6-10-18(17)13-14-19-11-7-8-12-20(19)21(22)15-16-23(2,3)4/h5-12,21-22H,1-4H3. The maximum atomic E-state index is 10.4. The minimum Gasteiger partial charge on any atom is -0.376 e. The van der Waals surface area contributed by atoms with Gasteiger partial charge in [0.25, 0.3) is 0 Å². The molecule has 1 nitrogen and oxygen atoms in total. The van der Waals surface area contributed by atoms with Gasteiger partial charge >= 0.3 is 0 Å². The van der Waals surface area contributed by atoms with Crippen LogP contribution in [0.3, 0.4) is 0 Å². The zero-order chi connectivity index (χ0) is 16.9. The minimum atomic E-state index is -1.51. The van der Waals surface area contributed by atoms with Crippen LogP contribution in [0.15, 0.2) is 48.5 Å². The van der Waals surface area contributed by atoms with Crippen LogP contribution in [0.4, 0.5) is 0 Å². The van der Waals surface area contributed by atoms with Crippen LogP contribution in [0.1, 0.15) is 28.4 Å². The first-order chi connectivity index (χ1) is 10.9. The lowest BCUT2D eigenvalue weighted by molar-refractivity contribution is 0.238. The summed E-state index contributed by atoms with van der Waals surface area (Å²) in [6, 6.07) is 15.7. The third kappa shape index (κ3) is 5.15. The van der Waals surface area contributed by atoms with E-state index < -0.39 is 14.2 Å². The van der Waals surface area contributed by atoms with Crippen LogP contribution in [0.2, 0.25) is 19.6 Å². The van der Waals surface area contributed by atoms with Gasteiger partial charge in [0.1, 0.15) is 14.2 Å². The smallest absolute Gasteiger partial charge is 0.140 e. The van der Waals surface area contributed by atoms with Gasteiger partial charge in [-0.25, -0.2) is 0 Å². The number of aryl methyl sites for hydroxylation is 1. The highest BCUT2D eigenvalue weighted by atomic mass is 28.3.